The lowest BCUT2D eigenvalue weighted by atomic mass is 10.0. The van der Waals surface area contributed by atoms with E-state index in [0.717, 1.165) is 11.3 Å². The maximum atomic E-state index is 8.77. The number of nitrogens with two attached hydrogens (primary N) is 1. The molecule has 0 aliphatic rings. The Bertz CT molecular complexity index is 582. The molecule has 2 rings (SSSR count). The van der Waals surface area contributed by atoms with Crippen LogP contribution in [0.15, 0.2) is 30.6 Å². The van der Waals surface area contributed by atoms with Crippen molar-refractivity contribution in [3.8, 4) is 11.8 Å². The van der Waals surface area contributed by atoms with Gasteiger partial charge in [-0.05, 0) is 24.6 Å². The second kappa shape index (κ2) is 5.50. The molecule has 2 atom stereocenters. The van der Waals surface area contributed by atoms with E-state index in [1.54, 1.807) is 11.8 Å². The highest BCUT2D eigenvalue weighted by atomic mass is 16.5. The van der Waals surface area contributed by atoms with Crippen LogP contribution in [0.5, 0.6) is 5.75 Å². The molecule has 1 aromatic carbocycles. The average Bonchev–Trinajstić information content (AvgIpc) is 2.88. The fraction of sp³-hybridized carbons (Fsp3) is 0.308. The van der Waals surface area contributed by atoms with E-state index >= 15 is 0 Å². The number of nitriles is 1. The lowest BCUT2D eigenvalue weighted by Gasteiger charge is -2.21. The Balaban J connectivity index is 2.36. The van der Waals surface area contributed by atoms with E-state index in [4.69, 9.17) is 15.7 Å². The molecule has 2 unspecified atom stereocenters. The lowest BCUT2D eigenvalue weighted by molar-refractivity contribution is 0.413. The Morgan fingerprint density at radius 3 is 2.53 bits per heavy atom. The molecule has 1 aromatic heterocycles. The third-order valence-corrected chi connectivity index (χ3v) is 2.85. The molecule has 0 saturated heterocycles. The molecule has 0 amide bonds. The molecular weight excluding hydrogens is 242 g/mol. The van der Waals surface area contributed by atoms with Crippen molar-refractivity contribution in [3.63, 3.8) is 0 Å². The number of hydrogen-bond acceptors (Lipinski definition) is 5. The van der Waals surface area contributed by atoms with E-state index < -0.39 is 0 Å². The minimum atomic E-state index is -0.166. The van der Waals surface area contributed by atoms with Gasteiger partial charge >= 0.3 is 0 Å². The maximum Gasteiger partial charge on any atom is 0.252 e. The molecule has 0 saturated carbocycles. The first-order valence-electron chi connectivity index (χ1n) is 5.86. The van der Waals surface area contributed by atoms with Gasteiger partial charge in [0.1, 0.15) is 18.1 Å². The third kappa shape index (κ3) is 2.72. The standard InChI is InChI=1S/C13H15N5O/c1-9(15)13(18-8-16-12(7-14)17-18)10-3-5-11(19-2)6-4-10/h3-6,8-9,13H,15H2,1-2H3. The minimum Gasteiger partial charge on any atom is -0.497 e. The van der Waals surface area contributed by atoms with Crippen molar-refractivity contribution in [2.24, 2.45) is 5.73 Å². The number of benzene rings is 1. The summed E-state index contributed by atoms with van der Waals surface area (Å²) in [5.41, 5.74) is 7.01. The van der Waals surface area contributed by atoms with E-state index in [9.17, 15) is 0 Å². The molecule has 6 heteroatoms. The zero-order chi connectivity index (χ0) is 13.8. The molecule has 1 heterocycles. The highest BCUT2D eigenvalue weighted by Crippen LogP contribution is 2.22. The number of nitrogens with zero attached hydrogens (tertiary/aromatic N) is 4. The molecule has 98 valence electrons. The fourth-order valence-electron chi connectivity index (χ4n) is 1.96. The van der Waals surface area contributed by atoms with Crippen LogP contribution in [0.25, 0.3) is 0 Å². The van der Waals surface area contributed by atoms with Crippen LogP contribution in [0, 0.1) is 11.3 Å². The highest BCUT2D eigenvalue weighted by Gasteiger charge is 2.20. The van der Waals surface area contributed by atoms with Crippen LogP contribution in [-0.4, -0.2) is 27.9 Å². The van der Waals surface area contributed by atoms with Crippen LogP contribution in [-0.2, 0) is 0 Å². The van der Waals surface area contributed by atoms with Gasteiger partial charge in [-0.25, -0.2) is 9.67 Å². The van der Waals surface area contributed by atoms with Gasteiger partial charge in [-0.2, -0.15) is 5.26 Å². The van der Waals surface area contributed by atoms with Crippen LogP contribution >= 0.6 is 0 Å². The number of aromatic nitrogens is 3. The highest BCUT2D eigenvalue weighted by molar-refractivity contribution is 5.30. The monoisotopic (exact) mass is 257 g/mol. The van der Waals surface area contributed by atoms with Gasteiger partial charge < -0.3 is 10.5 Å². The third-order valence-electron chi connectivity index (χ3n) is 2.85. The van der Waals surface area contributed by atoms with Crippen LogP contribution in [0.2, 0.25) is 0 Å². The maximum absolute atomic E-state index is 8.77. The van der Waals surface area contributed by atoms with Gasteiger partial charge in [0.05, 0.1) is 13.2 Å². The molecule has 2 aromatic rings. The number of hydrogen-bond donors (Lipinski definition) is 1. The Kier molecular flexibility index (Phi) is 3.78. The van der Waals surface area contributed by atoms with Gasteiger partial charge in [0.25, 0.3) is 5.82 Å². The van der Waals surface area contributed by atoms with Crippen LogP contribution in [0.3, 0.4) is 0 Å². The molecule has 2 N–H and O–H groups in total. The Morgan fingerprint density at radius 2 is 2.05 bits per heavy atom. The first-order chi connectivity index (χ1) is 9.15. The van der Waals surface area contributed by atoms with Crippen molar-refractivity contribution in [1.29, 1.82) is 5.26 Å². The van der Waals surface area contributed by atoms with Gasteiger partial charge in [-0.1, -0.05) is 12.1 Å². The van der Waals surface area contributed by atoms with E-state index in [0.29, 0.717) is 0 Å². The molecule has 6 nitrogen and oxygen atoms in total. The minimum absolute atomic E-state index is 0.138. The summed E-state index contributed by atoms with van der Waals surface area (Å²) in [6, 6.07) is 9.17. The van der Waals surface area contributed by atoms with Gasteiger partial charge in [0.15, 0.2) is 0 Å². The second-order valence-corrected chi connectivity index (χ2v) is 4.24. The average molecular weight is 257 g/mol. The zero-order valence-corrected chi connectivity index (χ0v) is 10.8. The normalized spacial score (nSPS) is 13.6. The SMILES string of the molecule is COc1ccc(C(C(C)N)n2cnc(C#N)n2)cc1. The van der Waals surface area contributed by atoms with Crippen molar-refractivity contribution in [2.45, 2.75) is 19.0 Å². The van der Waals surface area contributed by atoms with Gasteiger partial charge in [-0.3, -0.25) is 0 Å². The van der Waals surface area contributed by atoms with Gasteiger partial charge in [-0.15, -0.1) is 5.10 Å². The summed E-state index contributed by atoms with van der Waals surface area (Å²) in [5, 5.41) is 12.9. The summed E-state index contributed by atoms with van der Waals surface area (Å²) in [4.78, 5) is 3.91. The Morgan fingerprint density at radius 1 is 1.37 bits per heavy atom. The number of methoxy groups -OCH3 is 1. The molecule has 0 aliphatic carbocycles. The summed E-state index contributed by atoms with van der Waals surface area (Å²) >= 11 is 0. The second-order valence-electron chi connectivity index (χ2n) is 4.24. The lowest BCUT2D eigenvalue weighted by Crippen LogP contribution is -2.30. The number of rotatable bonds is 4. The quantitative estimate of drug-likeness (QED) is 0.885. The summed E-state index contributed by atoms with van der Waals surface area (Å²) in [6.07, 6.45) is 1.52. The molecule has 0 aliphatic heterocycles. The molecule has 0 fully saturated rings. The van der Waals surface area contributed by atoms with E-state index in [1.165, 1.54) is 6.33 Å². The summed E-state index contributed by atoms with van der Waals surface area (Å²) in [5.74, 6) is 0.919. The Hall–Kier alpha value is -2.39. The summed E-state index contributed by atoms with van der Waals surface area (Å²) < 4.78 is 6.74. The van der Waals surface area contributed by atoms with Crippen LogP contribution < -0.4 is 10.5 Å². The van der Waals surface area contributed by atoms with Crippen molar-refractivity contribution in [1.82, 2.24) is 14.8 Å². The molecule has 0 bridgehead atoms. The van der Waals surface area contributed by atoms with E-state index in [-0.39, 0.29) is 17.9 Å². The van der Waals surface area contributed by atoms with E-state index in [2.05, 4.69) is 10.1 Å². The van der Waals surface area contributed by atoms with Gasteiger partial charge in [0, 0.05) is 6.04 Å². The summed E-state index contributed by atoms with van der Waals surface area (Å²) in [6.45, 7) is 1.89. The first kappa shape index (κ1) is 13.1. The van der Waals surface area contributed by atoms with Crippen LogP contribution in [0.4, 0.5) is 0 Å². The molecule has 0 spiro atoms. The summed E-state index contributed by atoms with van der Waals surface area (Å²) in [7, 11) is 1.62. The predicted octanol–water partition coefficient (Wildman–Crippen LogP) is 1.09. The Labute approximate surface area is 111 Å². The van der Waals surface area contributed by atoms with Crippen molar-refractivity contribution in [3.05, 3.63) is 42.0 Å². The molecule has 19 heavy (non-hydrogen) atoms. The van der Waals surface area contributed by atoms with E-state index in [1.807, 2.05) is 37.3 Å². The smallest absolute Gasteiger partial charge is 0.252 e. The van der Waals surface area contributed by atoms with Crippen molar-refractivity contribution >= 4 is 0 Å². The first-order valence-corrected chi connectivity index (χ1v) is 5.86. The van der Waals surface area contributed by atoms with Gasteiger partial charge in [0.2, 0.25) is 0 Å². The number of ether oxygens (including phenoxy) is 1. The molecular formula is C13H15N5O. The fourth-order valence-corrected chi connectivity index (χ4v) is 1.96. The van der Waals surface area contributed by atoms with Crippen molar-refractivity contribution < 1.29 is 4.74 Å². The van der Waals surface area contributed by atoms with Crippen LogP contribution in [0.1, 0.15) is 24.4 Å². The largest absolute Gasteiger partial charge is 0.497 e. The topological polar surface area (TPSA) is 89.8 Å². The van der Waals surface area contributed by atoms with Crippen molar-refractivity contribution in [2.75, 3.05) is 7.11 Å². The predicted molar refractivity (Wildman–Crippen MR) is 69.5 cm³/mol. The molecule has 0 radical (unpaired) electrons. The zero-order valence-electron chi connectivity index (χ0n) is 10.8.